The highest BCUT2D eigenvalue weighted by Crippen LogP contribution is 2.34. The molecule has 2 amide bonds. The Hall–Kier alpha value is -3.09. The summed E-state index contributed by atoms with van der Waals surface area (Å²) in [4.78, 5) is 37.1. The van der Waals surface area contributed by atoms with E-state index >= 15 is 0 Å². The Morgan fingerprint density at radius 2 is 1.98 bits per heavy atom. The van der Waals surface area contributed by atoms with Gasteiger partial charge in [0.05, 0.1) is 23.6 Å². The summed E-state index contributed by atoms with van der Waals surface area (Å²) in [5.41, 5.74) is 1.66. The minimum absolute atomic E-state index is 0.00735. The van der Waals surface area contributed by atoms with Crippen LogP contribution in [0.5, 0.6) is 0 Å². The Morgan fingerprint density at radius 1 is 1.20 bits per heavy atom. The smallest absolute Gasteiger partial charge is 0.409 e. The summed E-state index contributed by atoms with van der Waals surface area (Å²) in [5, 5.41) is 9.00. The Kier molecular flexibility index (Phi) is 9.28. The molecule has 9 nitrogen and oxygen atoms in total. The highest BCUT2D eigenvalue weighted by Gasteiger charge is 2.43. The minimum atomic E-state index is -0.338. The van der Waals surface area contributed by atoms with Crippen LogP contribution in [0.3, 0.4) is 0 Å². The maximum Gasteiger partial charge on any atom is 0.409 e. The molecule has 4 aliphatic rings. The zero-order valence-corrected chi connectivity index (χ0v) is 23.8. The zero-order valence-electron chi connectivity index (χ0n) is 23.1. The first-order valence-electron chi connectivity index (χ1n) is 14.3. The molecule has 0 radical (unpaired) electrons. The van der Waals surface area contributed by atoms with Crippen molar-refractivity contribution in [3.63, 3.8) is 0 Å². The van der Waals surface area contributed by atoms with Crippen LogP contribution in [-0.4, -0.2) is 91.3 Å². The summed E-state index contributed by atoms with van der Waals surface area (Å²) in [6.07, 6.45) is 11.5. The lowest BCUT2D eigenvalue weighted by molar-refractivity contribution is -0.135. The van der Waals surface area contributed by atoms with Crippen molar-refractivity contribution in [2.24, 2.45) is 17.8 Å². The molecule has 4 heterocycles. The largest absolute Gasteiger partial charge is 0.449 e. The van der Waals surface area contributed by atoms with Crippen LogP contribution in [-0.2, 0) is 14.3 Å². The van der Waals surface area contributed by atoms with E-state index in [2.05, 4.69) is 28.1 Å². The second kappa shape index (κ2) is 13.0. The summed E-state index contributed by atoms with van der Waals surface area (Å²) in [5.74, 6) is 1.26. The van der Waals surface area contributed by atoms with Crippen molar-refractivity contribution in [1.29, 1.82) is 5.26 Å². The van der Waals surface area contributed by atoms with Crippen LogP contribution in [0.1, 0.15) is 37.7 Å². The van der Waals surface area contributed by atoms with Crippen LogP contribution in [0.2, 0.25) is 0 Å². The molecule has 0 N–H and O–H groups in total. The molecule has 1 aliphatic carbocycles. The maximum atomic E-state index is 13.7. The van der Waals surface area contributed by atoms with E-state index in [0.717, 1.165) is 56.6 Å². The third-order valence-corrected chi connectivity index (χ3v) is 9.04. The van der Waals surface area contributed by atoms with E-state index in [0.29, 0.717) is 44.4 Å². The summed E-state index contributed by atoms with van der Waals surface area (Å²) >= 11 is 6.29. The number of alkyl halides is 1. The van der Waals surface area contributed by atoms with Crippen molar-refractivity contribution in [1.82, 2.24) is 14.8 Å². The van der Waals surface area contributed by atoms with Crippen LogP contribution in [0, 0.1) is 29.1 Å². The fourth-order valence-electron chi connectivity index (χ4n) is 6.16. The molecular formula is C30H38ClN5O4. The summed E-state index contributed by atoms with van der Waals surface area (Å²) in [6, 6.07) is 5.57. The van der Waals surface area contributed by atoms with E-state index in [4.69, 9.17) is 26.3 Å². The first kappa shape index (κ1) is 28.4. The molecule has 3 saturated heterocycles. The van der Waals surface area contributed by atoms with Gasteiger partial charge in [0.1, 0.15) is 11.9 Å². The molecule has 1 unspecified atom stereocenters. The number of aromatic nitrogens is 1. The molecule has 1 aromatic heterocycles. The van der Waals surface area contributed by atoms with Gasteiger partial charge in [-0.15, -0.1) is 11.6 Å². The van der Waals surface area contributed by atoms with Gasteiger partial charge in [-0.1, -0.05) is 18.2 Å². The third-order valence-electron chi connectivity index (χ3n) is 8.72. The quantitative estimate of drug-likeness (QED) is 0.479. The van der Waals surface area contributed by atoms with Crippen molar-refractivity contribution in [3.8, 4) is 6.07 Å². The summed E-state index contributed by atoms with van der Waals surface area (Å²) < 4.78 is 11.1. The number of rotatable bonds is 6. The number of carbonyl (C=O) groups is 2. The van der Waals surface area contributed by atoms with E-state index in [1.54, 1.807) is 24.2 Å². The van der Waals surface area contributed by atoms with Crippen LogP contribution in [0.25, 0.3) is 0 Å². The molecule has 40 heavy (non-hydrogen) atoms. The van der Waals surface area contributed by atoms with Gasteiger partial charge >= 0.3 is 6.09 Å². The van der Waals surface area contributed by atoms with Crippen molar-refractivity contribution in [2.45, 2.75) is 43.5 Å². The van der Waals surface area contributed by atoms with Crippen molar-refractivity contribution in [2.75, 3.05) is 57.9 Å². The van der Waals surface area contributed by atoms with Gasteiger partial charge in [-0.2, -0.15) is 5.26 Å². The number of pyridine rings is 1. The third kappa shape index (κ3) is 6.61. The van der Waals surface area contributed by atoms with Gasteiger partial charge in [-0.25, -0.2) is 9.78 Å². The molecule has 0 bridgehead atoms. The second-order valence-corrected chi connectivity index (χ2v) is 11.8. The van der Waals surface area contributed by atoms with E-state index in [9.17, 15) is 9.59 Å². The number of hydrogen-bond acceptors (Lipinski definition) is 7. The number of likely N-dealkylation sites (tertiary alicyclic amines) is 1. The molecule has 1 aromatic rings. The summed E-state index contributed by atoms with van der Waals surface area (Å²) in [7, 11) is 1.79. The van der Waals surface area contributed by atoms with Gasteiger partial charge in [-0.3, -0.25) is 4.79 Å². The van der Waals surface area contributed by atoms with Gasteiger partial charge in [-0.05, 0) is 55.7 Å². The second-order valence-electron chi connectivity index (χ2n) is 11.3. The first-order valence-corrected chi connectivity index (χ1v) is 14.8. The van der Waals surface area contributed by atoms with Crippen molar-refractivity contribution in [3.05, 3.63) is 47.7 Å². The predicted molar refractivity (Wildman–Crippen MR) is 152 cm³/mol. The number of nitriles is 1. The van der Waals surface area contributed by atoms with Gasteiger partial charge in [0.15, 0.2) is 0 Å². The summed E-state index contributed by atoms with van der Waals surface area (Å²) in [6.45, 7) is 4.35. The highest BCUT2D eigenvalue weighted by atomic mass is 35.5. The lowest BCUT2D eigenvalue weighted by Gasteiger charge is -2.34. The van der Waals surface area contributed by atoms with E-state index in [1.165, 1.54) is 0 Å². The van der Waals surface area contributed by atoms with Gasteiger partial charge in [0.25, 0.3) is 0 Å². The van der Waals surface area contributed by atoms with Gasteiger partial charge in [0, 0.05) is 64.5 Å². The number of anilines is 1. The minimum Gasteiger partial charge on any atom is -0.449 e. The molecule has 3 fully saturated rings. The van der Waals surface area contributed by atoms with E-state index in [-0.39, 0.29) is 35.3 Å². The van der Waals surface area contributed by atoms with Crippen molar-refractivity contribution >= 4 is 29.4 Å². The number of allylic oxidation sites excluding steroid dienone is 3. The normalized spacial score (nSPS) is 25.8. The number of piperidine rings is 1. The maximum absolute atomic E-state index is 13.7. The zero-order chi connectivity index (χ0) is 28.1. The number of carbonyl (C=O) groups excluding carboxylic acids is 2. The molecule has 10 heteroatoms. The highest BCUT2D eigenvalue weighted by molar-refractivity contribution is 6.22. The molecule has 0 aromatic carbocycles. The average Bonchev–Trinajstić information content (AvgIpc) is 3.45. The number of halogens is 1. The Morgan fingerprint density at radius 3 is 2.62 bits per heavy atom. The lowest BCUT2D eigenvalue weighted by Crippen LogP contribution is -2.45. The Balaban J connectivity index is 1.22. The lowest BCUT2D eigenvalue weighted by atomic mass is 9.89. The SMILES string of the molecule is CN(C(=O)OCC1CCOCC1)[C@@H]1CN(C(=O)C2CCN(c3ccc(C#N)cn3)CC2)C[C@H]1C1=CCC(Cl)C=C1. The van der Waals surface area contributed by atoms with E-state index < -0.39 is 0 Å². The van der Waals surface area contributed by atoms with E-state index in [1.807, 2.05) is 17.0 Å². The number of hydrogen-bond donors (Lipinski definition) is 0. The number of nitrogens with zero attached hydrogens (tertiary/aromatic N) is 5. The topological polar surface area (TPSA) is 99.0 Å². The molecule has 0 saturated carbocycles. The fraction of sp³-hybridized carbons (Fsp3) is 0.600. The number of amides is 2. The number of ether oxygens (including phenoxy) is 2. The standard InChI is InChI=1S/C30H38ClN5O4/c1-34(30(38)40-20-21-10-14-39-15-11-21)27-19-36(18-26(27)23-3-5-25(31)6-4-23)29(37)24-8-12-35(13-9-24)28-7-2-22(16-32)17-33-28/h2-5,7,17,21,24-27H,6,8-15,18-20H2,1H3/t25?,26-,27+/m0/s1. The van der Waals surface area contributed by atoms with Crippen LogP contribution in [0.4, 0.5) is 10.6 Å². The van der Waals surface area contributed by atoms with Gasteiger partial charge < -0.3 is 24.2 Å². The number of likely N-dealkylation sites (N-methyl/N-ethyl adjacent to an activating group) is 1. The van der Waals surface area contributed by atoms with Crippen LogP contribution in [0.15, 0.2) is 42.1 Å². The molecule has 3 atom stereocenters. The Bertz CT molecular complexity index is 1150. The van der Waals surface area contributed by atoms with Crippen molar-refractivity contribution < 1.29 is 19.1 Å². The Labute approximate surface area is 241 Å². The molecule has 3 aliphatic heterocycles. The van der Waals surface area contributed by atoms with Gasteiger partial charge in [0.2, 0.25) is 5.91 Å². The molecular weight excluding hydrogens is 530 g/mol. The van der Waals surface area contributed by atoms with Crippen LogP contribution < -0.4 is 4.90 Å². The van der Waals surface area contributed by atoms with Crippen LogP contribution >= 0.6 is 11.6 Å². The predicted octanol–water partition coefficient (Wildman–Crippen LogP) is 3.99. The fourth-order valence-corrected chi connectivity index (χ4v) is 6.33. The molecule has 5 rings (SSSR count). The average molecular weight is 568 g/mol. The molecule has 0 spiro atoms. The molecule has 214 valence electrons. The monoisotopic (exact) mass is 567 g/mol. The first-order chi connectivity index (χ1) is 19.4.